The Morgan fingerprint density at radius 2 is 2.11 bits per heavy atom. The maximum atomic E-state index is 12.3. The molecule has 102 valence electrons. The second-order valence-corrected chi connectivity index (χ2v) is 5.98. The van der Waals surface area contributed by atoms with Crippen molar-refractivity contribution in [3.05, 3.63) is 45.0 Å². The molecule has 2 rings (SSSR count). The first-order chi connectivity index (χ1) is 9.01. The zero-order valence-corrected chi connectivity index (χ0v) is 12.6. The number of furan rings is 1. The van der Waals surface area contributed by atoms with Crippen LogP contribution in [0.5, 0.6) is 0 Å². The quantitative estimate of drug-likeness (QED) is 0.852. The molecule has 0 atom stereocenters. The molecular weight excluding hydrogens is 258 g/mol. The number of amides is 1. The van der Waals surface area contributed by atoms with Gasteiger partial charge < -0.3 is 9.32 Å². The highest BCUT2D eigenvalue weighted by molar-refractivity contribution is 7.14. The van der Waals surface area contributed by atoms with E-state index in [1.54, 1.807) is 23.3 Å². The van der Waals surface area contributed by atoms with Gasteiger partial charge in [-0.2, -0.15) is 0 Å². The molecule has 4 heteroatoms. The molecule has 0 aliphatic rings. The summed E-state index contributed by atoms with van der Waals surface area (Å²) in [4.78, 5) is 16.1. The van der Waals surface area contributed by atoms with Crippen molar-refractivity contribution >= 4 is 17.2 Å². The highest BCUT2D eigenvalue weighted by atomic mass is 32.1. The summed E-state index contributed by atoms with van der Waals surface area (Å²) in [5, 5.41) is 0. The Bertz CT molecular complexity index is 583. The van der Waals surface area contributed by atoms with E-state index >= 15 is 0 Å². The van der Waals surface area contributed by atoms with E-state index in [0.717, 1.165) is 22.8 Å². The molecule has 2 heterocycles. The predicted molar refractivity (Wildman–Crippen MR) is 77.7 cm³/mol. The number of hydrogen-bond donors (Lipinski definition) is 0. The molecule has 0 N–H and O–H groups in total. The fraction of sp³-hybridized carbons (Fsp3) is 0.400. The summed E-state index contributed by atoms with van der Waals surface area (Å²) >= 11 is 1.57. The molecule has 3 nitrogen and oxygen atoms in total. The number of thiophene rings is 1. The summed E-state index contributed by atoms with van der Waals surface area (Å²) in [6.45, 7) is 6.58. The zero-order chi connectivity index (χ0) is 14.0. The highest BCUT2D eigenvalue weighted by Gasteiger charge is 2.17. The Kier molecular flexibility index (Phi) is 4.10. The van der Waals surface area contributed by atoms with Crippen molar-refractivity contribution in [3.63, 3.8) is 0 Å². The lowest BCUT2D eigenvalue weighted by Gasteiger charge is -2.14. The normalized spacial score (nSPS) is 10.7. The van der Waals surface area contributed by atoms with E-state index in [1.165, 1.54) is 10.4 Å². The summed E-state index contributed by atoms with van der Waals surface area (Å²) in [5.74, 6) is 1.75. The van der Waals surface area contributed by atoms with E-state index in [0.29, 0.717) is 6.54 Å². The Hall–Kier alpha value is -1.55. The molecule has 0 aliphatic heterocycles. The van der Waals surface area contributed by atoms with Crippen LogP contribution >= 0.6 is 11.3 Å². The maximum Gasteiger partial charge on any atom is 0.264 e. The van der Waals surface area contributed by atoms with Crippen LogP contribution in [-0.4, -0.2) is 17.9 Å². The molecule has 0 spiro atoms. The molecule has 0 saturated heterocycles. The van der Waals surface area contributed by atoms with Crippen molar-refractivity contribution in [2.75, 3.05) is 7.05 Å². The summed E-state index contributed by atoms with van der Waals surface area (Å²) in [7, 11) is 1.81. The first-order valence-corrected chi connectivity index (χ1v) is 7.23. The fourth-order valence-electron chi connectivity index (χ4n) is 2.04. The van der Waals surface area contributed by atoms with Crippen LogP contribution in [0.3, 0.4) is 0 Å². The molecule has 0 aromatic carbocycles. The van der Waals surface area contributed by atoms with Gasteiger partial charge in [0.25, 0.3) is 5.91 Å². The molecule has 0 bridgehead atoms. The molecule has 2 aromatic heterocycles. The van der Waals surface area contributed by atoms with Crippen molar-refractivity contribution in [2.24, 2.45) is 0 Å². The number of nitrogens with zero attached hydrogens (tertiary/aromatic N) is 1. The number of carbonyl (C=O) groups excluding carboxylic acids is 1. The first-order valence-electron chi connectivity index (χ1n) is 6.41. The van der Waals surface area contributed by atoms with E-state index in [4.69, 9.17) is 4.42 Å². The number of carbonyl (C=O) groups is 1. The molecular formula is C15H19NO2S. The first kappa shape index (κ1) is 13.9. The van der Waals surface area contributed by atoms with Crippen molar-refractivity contribution in [2.45, 2.75) is 33.7 Å². The summed E-state index contributed by atoms with van der Waals surface area (Å²) in [6.07, 6.45) is 0.969. The number of hydrogen-bond acceptors (Lipinski definition) is 3. The summed E-state index contributed by atoms with van der Waals surface area (Å²) in [6, 6.07) is 5.83. The van der Waals surface area contributed by atoms with Gasteiger partial charge in [-0.15, -0.1) is 11.3 Å². The molecule has 2 aromatic rings. The molecule has 0 radical (unpaired) electrons. The van der Waals surface area contributed by atoms with Gasteiger partial charge in [0.05, 0.1) is 11.4 Å². The van der Waals surface area contributed by atoms with Gasteiger partial charge in [0, 0.05) is 11.9 Å². The van der Waals surface area contributed by atoms with E-state index in [9.17, 15) is 4.79 Å². The molecule has 0 unspecified atom stereocenters. The van der Waals surface area contributed by atoms with Gasteiger partial charge in [-0.25, -0.2) is 0 Å². The SMILES string of the molecule is CCc1cc(C(=O)N(C)Cc2ccc(C)o2)sc1C. The Morgan fingerprint density at radius 3 is 2.63 bits per heavy atom. The zero-order valence-electron chi connectivity index (χ0n) is 11.8. The van der Waals surface area contributed by atoms with Crippen LogP contribution < -0.4 is 0 Å². The molecule has 0 saturated carbocycles. The highest BCUT2D eigenvalue weighted by Crippen LogP contribution is 2.23. The van der Waals surface area contributed by atoms with Crippen molar-refractivity contribution < 1.29 is 9.21 Å². The van der Waals surface area contributed by atoms with Crippen LogP contribution in [0.25, 0.3) is 0 Å². The van der Waals surface area contributed by atoms with E-state index in [1.807, 2.05) is 25.1 Å². The lowest BCUT2D eigenvalue weighted by Crippen LogP contribution is -2.25. The van der Waals surface area contributed by atoms with E-state index < -0.39 is 0 Å². The molecule has 0 fully saturated rings. The summed E-state index contributed by atoms with van der Waals surface area (Å²) < 4.78 is 5.50. The Morgan fingerprint density at radius 1 is 1.37 bits per heavy atom. The van der Waals surface area contributed by atoms with Crippen molar-refractivity contribution in [3.8, 4) is 0 Å². The topological polar surface area (TPSA) is 33.5 Å². The van der Waals surface area contributed by atoms with Gasteiger partial charge in [0.2, 0.25) is 0 Å². The van der Waals surface area contributed by atoms with Crippen LogP contribution in [0.15, 0.2) is 22.6 Å². The Labute approximate surface area is 117 Å². The second-order valence-electron chi connectivity index (χ2n) is 4.72. The van der Waals surface area contributed by atoms with Crippen molar-refractivity contribution in [1.29, 1.82) is 0 Å². The second kappa shape index (κ2) is 5.61. The minimum Gasteiger partial charge on any atom is -0.464 e. The average molecular weight is 277 g/mol. The van der Waals surface area contributed by atoms with Crippen LogP contribution in [0.2, 0.25) is 0 Å². The molecule has 0 aliphatic carbocycles. The molecule has 1 amide bonds. The van der Waals surface area contributed by atoms with E-state index in [-0.39, 0.29) is 5.91 Å². The number of aryl methyl sites for hydroxylation is 3. The van der Waals surface area contributed by atoms with Gasteiger partial charge in [-0.1, -0.05) is 6.92 Å². The minimum atomic E-state index is 0.0573. The standard InChI is InChI=1S/C15H19NO2S/c1-5-12-8-14(19-11(12)3)15(17)16(4)9-13-7-6-10(2)18-13/h6-8H,5,9H2,1-4H3. The summed E-state index contributed by atoms with van der Waals surface area (Å²) in [5.41, 5.74) is 1.26. The predicted octanol–water partition coefficient (Wildman–Crippen LogP) is 3.79. The van der Waals surface area contributed by atoms with Crippen LogP contribution in [0.1, 0.15) is 38.6 Å². The third kappa shape index (κ3) is 3.07. The van der Waals surface area contributed by atoms with Crippen molar-refractivity contribution in [1.82, 2.24) is 4.90 Å². The minimum absolute atomic E-state index is 0.0573. The molecule has 19 heavy (non-hydrogen) atoms. The fourth-order valence-corrected chi connectivity index (χ4v) is 3.15. The van der Waals surface area contributed by atoms with Gasteiger partial charge in [0.1, 0.15) is 11.5 Å². The Balaban J connectivity index is 2.09. The smallest absolute Gasteiger partial charge is 0.264 e. The van der Waals surface area contributed by atoms with Crippen LogP contribution in [0.4, 0.5) is 0 Å². The van der Waals surface area contributed by atoms with Crippen LogP contribution in [0, 0.1) is 13.8 Å². The van der Waals surface area contributed by atoms with Gasteiger partial charge >= 0.3 is 0 Å². The lowest BCUT2D eigenvalue weighted by molar-refractivity contribution is 0.0779. The largest absolute Gasteiger partial charge is 0.464 e. The van der Waals surface area contributed by atoms with E-state index in [2.05, 4.69) is 13.8 Å². The average Bonchev–Trinajstić information content (AvgIpc) is 2.94. The van der Waals surface area contributed by atoms with Gasteiger partial charge in [0.15, 0.2) is 0 Å². The monoisotopic (exact) mass is 277 g/mol. The lowest BCUT2D eigenvalue weighted by atomic mass is 10.2. The third-order valence-corrected chi connectivity index (χ3v) is 4.23. The van der Waals surface area contributed by atoms with Gasteiger partial charge in [-0.05, 0) is 44.0 Å². The van der Waals surface area contributed by atoms with Gasteiger partial charge in [-0.3, -0.25) is 4.79 Å². The number of rotatable bonds is 4. The third-order valence-electron chi connectivity index (χ3n) is 3.15. The van der Waals surface area contributed by atoms with Crippen LogP contribution in [-0.2, 0) is 13.0 Å². The maximum absolute atomic E-state index is 12.3.